The molecule has 0 spiro atoms. The van der Waals surface area contributed by atoms with Gasteiger partial charge in [0.25, 0.3) is 0 Å². The summed E-state index contributed by atoms with van der Waals surface area (Å²) in [5.41, 5.74) is 0.574. The maximum atomic E-state index is 9.72. The highest BCUT2D eigenvalue weighted by Gasteiger charge is 2.09. The Morgan fingerprint density at radius 3 is 2.93 bits per heavy atom. The lowest BCUT2D eigenvalue weighted by molar-refractivity contribution is 0.0340. The monoisotopic (exact) mass is 211 g/mol. The first-order valence-corrected chi connectivity index (χ1v) is 5.04. The minimum absolute atomic E-state index is 0.272. The van der Waals surface area contributed by atoms with E-state index < -0.39 is 6.10 Å². The number of methoxy groups -OCH3 is 1. The molecule has 0 aliphatic heterocycles. The van der Waals surface area contributed by atoms with E-state index in [4.69, 9.17) is 9.47 Å². The predicted molar refractivity (Wildman–Crippen MR) is 56.9 cm³/mol. The third-order valence-corrected chi connectivity index (χ3v) is 1.92. The minimum atomic E-state index is -0.688. The largest absolute Gasteiger partial charge is 0.481 e. The van der Waals surface area contributed by atoms with Gasteiger partial charge in [0, 0.05) is 12.7 Å². The fraction of sp³-hybridized carbons (Fsp3) is 0.545. The summed E-state index contributed by atoms with van der Waals surface area (Å²) in [6, 6.07) is 5.29. The summed E-state index contributed by atoms with van der Waals surface area (Å²) in [5, 5.41) is 9.72. The molecule has 1 N–H and O–H groups in total. The highest BCUT2D eigenvalue weighted by molar-refractivity contribution is 5.17. The zero-order chi connectivity index (χ0) is 11.1. The molecule has 1 heterocycles. The van der Waals surface area contributed by atoms with Gasteiger partial charge in [-0.05, 0) is 12.5 Å². The van der Waals surface area contributed by atoms with Gasteiger partial charge in [0.15, 0.2) is 0 Å². The molecule has 1 unspecified atom stereocenters. The lowest BCUT2D eigenvalue weighted by Gasteiger charge is -2.11. The summed E-state index contributed by atoms with van der Waals surface area (Å²) in [5.74, 6) is 0.502. The molecule has 84 valence electrons. The first kappa shape index (κ1) is 11.9. The molecule has 1 aromatic rings. The van der Waals surface area contributed by atoms with Gasteiger partial charge in [-0.15, -0.1) is 0 Å². The van der Waals surface area contributed by atoms with Crippen molar-refractivity contribution in [1.29, 1.82) is 0 Å². The molecule has 0 radical (unpaired) electrons. The third-order valence-electron chi connectivity index (χ3n) is 1.92. The average Bonchev–Trinajstić information content (AvgIpc) is 2.29. The van der Waals surface area contributed by atoms with E-state index in [9.17, 15) is 5.11 Å². The van der Waals surface area contributed by atoms with Crippen LogP contribution in [0.3, 0.4) is 0 Å². The van der Waals surface area contributed by atoms with Gasteiger partial charge in [0.2, 0.25) is 5.88 Å². The minimum Gasteiger partial charge on any atom is -0.481 e. The van der Waals surface area contributed by atoms with E-state index in [0.717, 1.165) is 6.42 Å². The fourth-order valence-corrected chi connectivity index (χ4v) is 1.15. The van der Waals surface area contributed by atoms with Crippen LogP contribution in [0.15, 0.2) is 18.2 Å². The van der Waals surface area contributed by atoms with Crippen LogP contribution in [0.1, 0.15) is 25.1 Å². The number of aliphatic hydroxyl groups is 1. The van der Waals surface area contributed by atoms with Gasteiger partial charge in [0.1, 0.15) is 6.10 Å². The van der Waals surface area contributed by atoms with Gasteiger partial charge in [-0.2, -0.15) is 0 Å². The first-order valence-electron chi connectivity index (χ1n) is 5.04. The van der Waals surface area contributed by atoms with Crippen LogP contribution < -0.4 is 4.74 Å². The van der Waals surface area contributed by atoms with Gasteiger partial charge < -0.3 is 14.6 Å². The molecular formula is C11H17NO3. The Morgan fingerprint density at radius 2 is 2.27 bits per heavy atom. The van der Waals surface area contributed by atoms with Gasteiger partial charge in [-0.3, -0.25) is 0 Å². The van der Waals surface area contributed by atoms with Gasteiger partial charge in [-0.1, -0.05) is 13.0 Å². The second kappa shape index (κ2) is 6.37. The van der Waals surface area contributed by atoms with Crippen molar-refractivity contribution in [3.05, 3.63) is 23.9 Å². The van der Waals surface area contributed by atoms with Crippen molar-refractivity contribution in [2.24, 2.45) is 0 Å². The number of nitrogens with zero attached hydrogens (tertiary/aromatic N) is 1. The van der Waals surface area contributed by atoms with E-state index in [-0.39, 0.29) is 6.61 Å². The van der Waals surface area contributed by atoms with Crippen LogP contribution in [0.2, 0.25) is 0 Å². The Hall–Kier alpha value is -1.13. The van der Waals surface area contributed by atoms with Gasteiger partial charge in [-0.25, -0.2) is 4.98 Å². The standard InChI is InChI=1S/C11H17NO3/c1-3-7-15-8-10(13)9-5-4-6-11(12-9)14-2/h4-6,10,13H,3,7-8H2,1-2H3. The maximum Gasteiger partial charge on any atom is 0.213 e. The number of ether oxygens (including phenoxy) is 2. The van der Waals surface area contributed by atoms with Gasteiger partial charge in [0.05, 0.1) is 19.4 Å². The van der Waals surface area contributed by atoms with Crippen molar-refractivity contribution < 1.29 is 14.6 Å². The number of aliphatic hydroxyl groups excluding tert-OH is 1. The molecule has 1 aromatic heterocycles. The lowest BCUT2D eigenvalue weighted by atomic mass is 10.2. The summed E-state index contributed by atoms with van der Waals surface area (Å²) >= 11 is 0. The molecule has 0 fully saturated rings. The Balaban J connectivity index is 2.52. The van der Waals surface area contributed by atoms with Crippen LogP contribution in [0.25, 0.3) is 0 Å². The molecule has 0 saturated carbocycles. The molecular weight excluding hydrogens is 194 g/mol. The molecule has 4 nitrogen and oxygen atoms in total. The van der Waals surface area contributed by atoms with Crippen molar-refractivity contribution in [1.82, 2.24) is 4.98 Å². The van der Waals surface area contributed by atoms with Crippen LogP contribution >= 0.6 is 0 Å². The molecule has 0 aromatic carbocycles. The summed E-state index contributed by atoms with van der Waals surface area (Å²) < 4.78 is 10.2. The van der Waals surface area contributed by atoms with Crippen molar-refractivity contribution >= 4 is 0 Å². The average molecular weight is 211 g/mol. The molecule has 0 bridgehead atoms. The van der Waals surface area contributed by atoms with Crippen molar-refractivity contribution in [3.8, 4) is 5.88 Å². The van der Waals surface area contributed by atoms with E-state index in [1.54, 1.807) is 25.3 Å². The van der Waals surface area contributed by atoms with Crippen LogP contribution in [-0.4, -0.2) is 30.4 Å². The molecule has 1 rings (SSSR count). The highest BCUT2D eigenvalue weighted by Crippen LogP contribution is 2.14. The summed E-state index contributed by atoms with van der Waals surface area (Å²) in [6.07, 6.45) is 0.254. The quantitative estimate of drug-likeness (QED) is 0.725. The molecule has 4 heteroatoms. The lowest BCUT2D eigenvalue weighted by Crippen LogP contribution is -2.09. The number of aromatic nitrogens is 1. The first-order chi connectivity index (χ1) is 7.27. The Bertz CT molecular complexity index is 291. The van der Waals surface area contributed by atoms with Crippen molar-refractivity contribution in [2.75, 3.05) is 20.3 Å². The number of pyridine rings is 1. The molecule has 0 amide bonds. The highest BCUT2D eigenvalue weighted by atomic mass is 16.5. The van der Waals surface area contributed by atoms with Crippen LogP contribution in [0.4, 0.5) is 0 Å². The topological polar surface area (TPSA) is 51.6 Å². The van der Waals surface area contributed by atoms with Gasteiger partial charge >= 0.3 is 0 Å². The number of rotatable bonds is 6. The van der Waals surface area contributed by atoms with E-state index >= 15 is 0 Å². The predicted octanol–water partition coefficient (Wildman–Crippen LogP) is 1.55. The molecule has 15 heavy (non-hydrogen) atoms. The fourth-order valence-electron chi connectivity index (χ4n) is 1.15. The van der Waals surface area contributed by atoms with Crippen molar-refractivity contribution in [3.63, 3.8) is 0 Å². The summed E-state index contributed by atoms with van der Waals surface area (Å²) in [4.78, 5) is 4.12. The number of hydrogen-bond donors (Lipinski definition) is 1. The Kier molecular flexibility index (Phi) is 5.07. The Labute approximate surface area is 89.9 Å². The molecule has 0 saturated heterocycles. The van der Waals surface area contributed by atoms with E-state index in [0.29, 0.717) is 18.2 Å². The van der Waals surface area contributed by atoms with Crippen molar-refractivity contribution in [2.45, 2.75) is 19.4 Å². The SMILES string of the molecule is CCCOCC(O)c1cccc(OC)n1. The second-order valence-corrected chi connectivity index (χ2v) is 3.20. The third kappa shape index (κ3) is 3.85. The van der Waals surface area contributed by atoms with Crippen LogP contribution in [0, 0.1) is 0 Å². The maximum absolute atomic E-state index is 9.72. The van der Waals surface area contributed by atoms with E-state index in [2.05, 4.69) is 4.98 Å². The molecule has 0 aliphatic rings. The molecule has 0 aliphatic carbocycles. The van der Waals surface area contributed by atoms with E-state index in [1.807, 2.05) is 6.92 Å². The van der Waals surface area contributed by atoms with E-state index in [1.165, 1.54) is 0 Å². The number of hydrogen-bond acceptors (Lipinski definition) is 4. The van der Waals surface area contributed by atoms with Crippen LogP contribution in [-0.2, 0) is 4.74 Å². The molecule has 1 atom stereocenters. The normalized spacial score (nSPS) is 12.5. The Morgan fingerprint density at radius 1 is 1.47 bits per heavy atom. The smallest absolute Gasteiger partial charge is 0.213 e. The second-order valence-electron chi connectivity index (χ2n) is 3.20. The zero-order valence-electron chi connectivity index (χ0n) is 9.14. The summed E-state index contributed by atoms with van der Waals surface area (Å²) in [7, 11) is 1.55. The zero-order valence-corrected chi connectivity index (χ0v) is 9.14. The van der Waals surface area contributed by atoms with Crippen LogP contribution in [0.5, 0.6) is 5.88 Å². The summed E-state index contributed by atoms with van der Waals surface area (Å²) in [6.45, 7) is 2.95.